The molecular weight excluding hydrogens is 462 g/mol. The molecule has 0 aliphatic rings. The number of halogens is 1. The van der Waals surface area contributed by atoms with E-state index in [1.54, 1.807) is 36.4 Å². The van der Waals surface area contributed by atoms with Gasteiger partial charge in [0.25, 0.3) is 15.2 Å². The molecule has 0 unspecified atom stereocenters. The number of fused-ring (bicyclic) bond motifs is 1. The molecule has 0 radical (unpaired) electrons. The van der Waals surface area contributed by atoms with E-state index in [4.69, 9.17) is 20.4 Å². The molecule has 31 heavy (non-hydrogen) atoms. The van der Waals surface area contributed by atoms with E-state index in [-0.39, 0.29) is 32.5 Å². The van der Waals surface area contributed by atoms with Crippen LogP contribution in [-0.2, 0) is 21.4 Å². The number of thioether (sulfide) groups is 1. The van der Waals surface area contributed by atoms with Crippen molar-refractivity contribution < 1.29 is 22.0 Å². The van der Waals surface area contributed by atoms with Crippen molar-refractivity contribution >= 4 is 56.1 Å². The summed E-state index contributed by atoms with van der Waals surface area (Å²) < 4.78 is 38.6. The number of hydrogen-bond acceptors (Lipinski definition) is 7. The lowest BCUT2D eigenvalue weighted by atomic mass is 10.3. The number of benzene rings is 2. The average Bonchev–Trinajstić information content (AvgIpc) is 3.41. The van der Waals surface area contributed by atoms with E-state index in [2.05, 4.69) is 15.0 Å². The Balaban J connectivity index is 1.43. The fourth-order valence-electron chi connectivity index (χ4n) is 2.64. The minimum absolute atomic E-state index is 0.0148. The van der Waals surface area contributed by atoms with Gasteiger partial charge >= 0.3 is 0 Å². The standard InChI is InChI=1S/C20H16ClN3O5S2/c21-15-5-1-2-6-16(15)24-31(26,27)14-7-8-18-17(10-14)23-20(29-18)30-12-19(25)22-11-13-4-3-9-28-13/h1-10,24H,11-12H2,(H,22,25). The molecule has 0 aliphatic heterocycles. The monoisotopic (exact) mass is 477 g/mol. The predicted molar refractivity (Wildman–Crippen MR) is 118 cm³/mol. The average molecular weight is 478 g/mol. The number of nitrogens with zero attached hydrogens (tertiary/aromatic N) is 1. The summed E-state index contributed by atoms with van der Waals surface area (Å²) in [7, 11) is -3.87. The fourth-order valence-corrected chi connectivity index (χ4v) is 4.65. The van der Waals surface area contributed by atoms with Crippen LogP contribution in [0.4, 0.5) is 5.69 Å². The highest BCUT2D eigenvalue weighted by atomic mass is 35.5. The van der Waals surface area contributed by atoms with Crippen molar-refractivity contribution in [1.82, 2.24) is 10.3 Å². The van der Waals surface area contributed by atoms with E-state index in [0.29, 0.717) is 23.4 Å². The first kappa shape index (κ1) is 21.3. The fraction of sp³-hybridized carbons (Fsp3) is 0.100. The molecule has 0 aliphatic carbocycles. The third-order valence-electron chi connectivity index (χ3n) is 4.13. The lowest BCUT2D eigenvalue weighted by Crippen LogP contribution is -2.24. The van der Waals surface area contributed by atoms with Gasteiger partial charge in [-0.1, -0.05) is 35.5 Å². The lowest BCUT2D eigenvalue weighted by Gasteiger charge is -2.09. The maximum atomic E-state index is 12.7. The molecular formula is C20H16ClN3O5S2. The van der Waals surface area contributed by atoms with Gasteiger partial charge in [0.15, 0.2) is 5.58 Å². The Labute approximate surface area is 187 Å². The van der Waals surface area contributed by atoms with Crippen molar-refractivity contribution in [3.8, 4) is 0 Å². The van der Waals surface area contributed by atoms with Gasteiger partial charge in [0.05, 0.1) is 34.2 Å². The molecule has 2 heterocycles. The van der Waals surface area contributed by atoms with Gasteiger partial charge in [-0.05, 0) is 42.5 Å². The summed E-state index contributed by atoms with van der Waals surface area (Å²) >= 11 is 7.14. The molecule has 0 fully saturated rings. The SMILES string of the molecule is O=C(CSc1nc2cc(S(=O)(=O)Nc3ccccc3Cl)ccc2o1)NCc1ccco1. The first-order valence-electron chi connectivity index (χ1n) is 9.00. The van der Waals surface area contributed by atoms with Crippen molar-refractivity contribution in [1.29, 1.82) is 0 Å². The number of furan rings is 1. The molecule has 0 bridgehead atoms. The van der Waals surface area contributed by atoms with Crippen molar-refractivity contribution in [2.45, 2.75) is 16.7 Å². The smallest absolute Gasteiger partial charge is 0.262 e. The molecule has 0 saturated heterocycles. The molecule has 11 heteroatoms. The molecule has 4 aromatic rings. The maximum Gasteiger partial charge on any atom is 0.262 e. The van der Waals surface area contributed by atoms with Crippen LogP contribution < -0.4 is 10.0 Å². The summed E-state index contributed by atoms with van der Waals surface area (Å²) in [5.41, 5.74) is 1.05. The summed E-state index contributed by atoms with van der Waals surface area (Å²) in [5.74, 6) is 0.530. The first-order chi connectivity index (χ1) is 14.9. The van der Waals surface area contributed by atoms with Crippen molar-refractivity contribution in [2.75, 3.05) is 10.5 Å². The van der Waals surface area contributed by atoms with Crippen LogP contribution in [0.3, 0.4) is 0 Å². The third-order valence-corrected chi connectivity index (χ3v) is 6.66. The Kier molecular flexibility index (Phi) is 6.21. The zero-order chi connectivity index (χ0) is 21.8. The van der Waals surface area contributed by atoms with Gasteiger partial charge in [-0.25, -0.2) is 13.4 Å². The van der Waals surface area contributed by atoms with Crippen LogP contribution in [0, 0.1) is 0 Å². The minimum atomic E-state index is -3.87. The zero-order valence-electron chi connectivity index (χ0n) is 15.9. The molecule has 0 saturated carbocycles. The number of nitrogens with one attached hydrogen (secondary N) is 2. The summed E-state index contributed by atoms with van der Waals surface area (Å²) in [5, 5.41) is 3.27. The van der Waals surface area contributed by atoms with E-state index >= 15 is 0 Å². The molecule has 0 spiro atoms. The molecule has 8 nitrogen and oxygen atoms in total. The first-order valence-corrected chi connectivity index (χ1v) is 11.9. The summed E-state index contributed by atoms with van der Waals surface area (Å²) in [4.78, 5) is 16.3. The predicted octanol–water partition coefficient (Wildman–Crippen LogP) is 4.28. The van der Waals surface area contributed by atoms with E-state index in [1.807, 2.05) is 0 Å². The molecule has 2 aromatic carbocycles. The Morgan fingerprint density at radius 1 is 1.13 bits per heavy atom. The Bertz CT molecular complexity index is 1320. The van der Waals surface area contributed by atoms with Crippen LogP contribution in [0.15, 0.2) is 79.8 Å². The van der Waals surface area contributed by atoms with Crippen LogP contribution in [0.1, 0.15) is 5.76 Å². The van der Waals surface area contributed by atoms with Gasteiger partial charge in [-0.3, -0.25) is 9.52 Å². The number of anilines is 1. The minimum Gasteiger partial charge on any atom is -0.467 e. The van der Waals surface area contributed by atoms with Crippen LogP contribution in [0.2, 0.25) is 5.02 Å². The lowest BCUT2D eigenvalue weighted by molar-refractivity contribution is -0.118. The molecule has 4 rings (SSSR count). The van der Waals surface area contributed by atoms with E-state index in [9.17, 15) is 13.2 Å². The number of sulfonamides is 1. The van der Waals surface area contributed by atoms with Crippen molar-refractivity contribution in [2.24, 2.45) is 0 Å². The second-order valence-corrected chi connectivity index (χ2v) is 9.36. The summed E-state index contributed by atoms with van der Waals surface area (Å²) in [6.45, 7) is 0.291. The van der Waals surface area contributed by atoms with Crippen molar-refractivity contribution in [3.05, 3.63) is 71.6 Å². The highest BCUT2D eigenvalue weighted by Crippen LogP contribution is 2.28. The van der Waals surface area contributed by atoms with Crippen LogP contribution >= 0.6 is 23.4 Å². The van der Waals surface area contributed by atoms with E-state index in [0.717, 1.165) is 11.8 Å². The number of para-hydroxylation sites is 1. The van der Waals surface area contributed by atoms with Crippen LogP contribution in [0.5, 0.6) is 0 Å². The van der Waals surface area contributed by atoms with Gasteiger partial charge in [0.1, 0.15) is 11.3 Å². The van der Waals surface area contributed by atoms with Gasteiger partial charge in [0, 0.05) is 0 Å². The number of aromatic nitrogens is 1. The number of amides is 1. The number of carbonyl (C=O) groups is 1. The van der Waals surface area contributed by atoms with E-state index < -0.39 is 10.0 Å². The maximum absolute atomic E-state index is 12.7. The van der Waals surface area contributed by atoms with Crippen LogP contribution in [0.25, 0.3) is 11.1 Å². The number of rotatable bonds is 8. The van der Waals surface area contributed by atoms with Gasteiger partial charge in [0.2, 0.25) is 5.91 Å². The molecule has 2 N–H and O–H groups in total. The number of hydrogen-bond donors (Lipinski definition) is 2. The topological polar surface area (TPSA) is 114 Å². The quantitative estimate of drug-likeness (QED) is 0.364. The zero-order valence-corrected chi connectivity index (χ0v) is 18.3. The second kappa shape index (κ2) is 9.04. The number of carbonyl (C=O) groups excluding carboxylic acids is 1. The van der Waals surface area contributed by atoms with Crippen LogP contribution in [-0.4, -0.2) is 25.1 Å². The van der Waals surface area contributed by atoms with Gasteiger partial charge in [-0.15, -0.1) is 0 Å². The van der Waals surface area contributed by atoms with Crippen molar-refractivity contribution in [3.63, 3.8) is 0 Å². The Morgan fingerprint density at radius 2 is 1.97 bits per heavy atom. The Morgan fingerprint density at radius 3 is 2.74 bits per heavy atom. The molecule has 2 aromatic heterocycles. The van der Waals surface area contributed by atoms with E-state index in [1.165, 1.54) is 24.5 Å². The molecule has 160 valence electrons. The summed E-state index contributed by atoms with van der Waals surface area (Å²) in [6.07, 6.45) is 1.53. The largest absolute Gasteiger partial charge is 0.467 e. The molecule has 0 atom stereocenters. The highest BCUT2D eigenvalue weighted by molar-refractivity contribution is 7.99. The third kappa shape index (κ3) is 5.22. The van der Waals surface area contributed by atoms with Gasteiger partial charge in [-0.2, -0.15) is 0 Å². The summed E-state index contributed by atoms with van der Waals surface area (Å²) in [6, 6.07) is 14.4. The Hall–Kier alpha value is -2.95. The highest BCUT2D eigenvalue weighted by Gasteiger charge is 2.18. The van der Waals surface area contributed by atoms with Gasteiger partial charge < -0.3 is 14.2 Å². The molecule has 1 amide bonds. The normalized spacial score (nSPS) is 11.5. The second-order valence-electron chi connectivity index (χ2n) is 6.34. The number of oxazole rings is 1.